The molecule has 0 radical (unpaired) electrons. The summed E-state index contributed by atoms with van der Waals surface area (Å²) in [6, 6.07) is 12.5. The molecule has 0 aromatic heterocycles. The summed E-state index contributed by atoms with van der Waals surface area (Å²) >= 11 is 3.75. The average molecular weight is 765 g/mol. The third-order valence-electron chi connectivity index (χ3n) is 10.6. The molecule has 11 heteroatoms. The van der Waals surface area contributed by atoms with Crippen molar-refractivity contribution in [2.24, 2.45) is 17.8 Å². The van der Waals surface area contributed by atoms with E-state index in [1.165, 1.54) is 4.90 Å². The molecule has 10 nitrogen and oxygen atoms in total. The smallest absolute Gasteiger partial charge is 0.313 e. The van der Waals surface area contributed by atoms with Gasteiger partial charge in [-0.25, -0.2) is 0 Å². The first kappa shape index (κ1) is 38.4. The fraction of sp³-hybridized carbons (Fsp3) is 0.500. The number of aryl methyl sites for hydroxylation is 2. The summed E-state index contributed by atoms with van der Waals surface area (Å²) in [7, 11) is 0. The summed E-state index contributed by atoms with van der Waals surface area (Å²) in [4.78, 5) is 59.9. The van der Waals surface area contributed by atoms with E-state index in [0.29, 0.717) is 24.1 Å². The normalized spacial score (nSPS) is 26.7. The van der Waals surface area contributed by atoms with E-state index in [1.807, 2.05) is 76.2 Å². The standard InChI is InChI=1S/C40H50BrN3O7/c1-8-10-16-31(46)42-26(7)34(27-14-12-11-13-15-27)50-39(49)32-33-37(47)44(30(22-45)23(3)4)36(40(33)21-28(41)35(32)51-40)38(48)43(19-9-2)29-20-24(5)17-18-25(29)6/h8-9,11-15,17-18,20,23,26,28,30,32-36,45H,1-2,10,16,19,21-22H2,3-7H3,(H,42,46)/t26-,28?,30-,32+,33-,34-,35+,36+,40-/m0/s1. The number of ether oxygens (including phenoxy) is 2. The van der Waals surface area contributed by atoms with Crippen LogP contribution in [0.15, 0.2) is 73.8 Å². The molecule has 3 amide bonds. The number of aliphatic hydroxyl groups excluding tert-OH is 1. The Kier molecular flexibility index (Phi) is 11.9. The molecule has 3 heterocycles. The third kappa shape index (κ3) is 7.17. The molecule has 5 rings (SSSR count). The lowest BCUT2D eigenvalue weighted by molar-refractivity contribution is -0.162. The van der Waals surface area contributed by atoms with Gasteiger partial charge in [-0.2, -0.15) is 0 Å². The number of allylic oxidation sites excluding steroid dienone is 1. The van der Waals surface area contributed by atoms with Crippen molar-refractivity contribution in [1.29, 1.82) is 0 Å². The summed E-state index contributed by atoms with van der Waals surface area (Å²) in [5.41, 5.74) is 1.83. The zero-order valence-corrected chi connectivity index (χ0v) is 31.7. The van der Waals surface area contributed by atoms with Crippen molar-refractivity contribution in [3.63, 3.8) is 0 Å². The summed E-state index contributed by atoms with van der Waals surface area (Å²) < 4.78 is 13.1. The molecular weight excluding hydrogens is 714 g/mol. The molecule has 1 spiro atoms. The Morgan fingerprint density at radius 3 is 2.47 bits per heavy atom. The van der Waals surface area contributed by atoms with Crippen LogP contribution in [0.4, 0.5) is 5.69 Å². The minimum atomic E-state index is -1.37. The number of amides is 3. The molecule has 3 fully saturated rings. The van der Waals surface area contributed by atoms with Gasteiger partial charge in [-0.1, -0.05) is 84.4 Å². The Bertz CT molecular complexity index is 1650. The Hall–Kier alpha value is -3.80. The van der Waals surface area contributed by atoms with Crippen molar-refractivity contribution < 1.29 is 33.8 Å². The minimum Gasteiger partial charge on any atom is -0.455 e. The molecule has 2 aromatic rings. The van der Waals surface area contributed by atoms with Crippen LogP contribution in [0.2, 0.25) is 0 Å². The van der Waals surface area contributed by atoms with Crippen molar-refractivity contribution in [1.82, 2.24) is 10.2 Å². The van der Waals surface area contributed by atoms with Gasteiger partial charge < -0.3 is 29.7 Å². The zero-order chi connectivity index (χ0) is 37.2. The second kappa shape index (κ2) is 15.8. The molecule has 3 aliphatic heterocycles. The predicted octanol–water partition coefficient (Wildman–Crippen LogP) is 5.34. The van der Waals surface area contributed by atoms with Crippen molar-refractivity contribution >= 4 is 45.3 Å². The number of carbonyl (C=O) groups is 4. The van der Waals surface area contributed by atoms with Crippen molar-refractivity contribution in [2.75, 3.05) is 18.1 Å². The van der Waals surface area contributed by atoms with Gasteiger partial charge in [0.25, 0.3) is 5.91 Å². The number of anilines is 1. The van der Waals surface area contributed by atoms with Crippen LogP contribution in [-0.2, 0) is 28.7 Å². The molecular formula is C40H50BrN3O7. The van der Waals surface area contributed by atoms with Crippen LogP contribution >= 0.6 is 15.9 Å². The number of rotatable bonds is 15. The summed E-state index contributed by atoms with van der Waals surface area (Å²) in [5, 5.41) is 13.6. The van der Waals surface area contributed by atoms with Crippen molar-refractivity contribution in [3.8, 4) is 0 Å². The first-order valence-corrected chi connectivity index (χ1v) is 18.6. The van der Waals surface area contributed by atoms with Crippen LogP contribution in [0.1, 0.15) is 62.8 Å². The molecule has 3 saturated heterocycles. The Balaban J connectivity index is 1.56. The van der Waals surface area contributed by atoms with E-state index in [4.69, 9.17) is 9.47 Å². The van der Waals surface area contributed by atoms with E-state index >= 15 is 4.79 Å². The molecule has 0 aliphatic carbocycles. The second-order valence-electron chi connectivity index (χ2n) is 14.4. The second-order valence-corrected chi connectivity index (χ2v) is 15.6. The maximum absolute atomic E-state index is 15.1. The predicted molar refractivity (Wildman–Crippen MR) is 199 cm³/mol. The highest BCUT2D eigenvalue weighted by Crippen LogP contribution is 2.61. The quantitative estimate of drug-likeness (QED) is 0.143. The Morgan fingerprint density at radius 1 is 1.14 bits per heavy atom. The monoisotopic (exact) mass is 763 g/mol. The highest BCUT2D eigenvalue weighted by molar-refractivity contribution is 9.09. The number of halogens is 1. The van der Waals surface area contributed by atoms with Gasteiger partial charge in [0.1, 0.15) is 17.7 Å². The number of nitrogens with zero attached hydrogens (tertiary/aromatic N) is 2. The molecule has 0 saturated carbocycles. The number of esters is 1. The minimum absolute atomic E-state index is 0.176. The van der Waals surface area contributed by atoms with E-state index < -0.39 is 59.6 Å². The fourth-order valence-electron chi connectivity index (χ4n) is 8.13. The molecule has 51 heavy (non-hydrogen) atoms. The van der Waals surface area contributed by atoms with Crippen molar-refractivity contribution in [2.45, 2.75) is 94.6 Å². The molecule has 3 aliphatic rings. The number of benzene rings is 2. The van der Waals surface area contributed by atoms with Crippen molar-refractivity contribution in [3.05, 3.63) is 90.5 Å². The van der Waals surface area contributed by atoms with E-state index in [9.17, 15) is 19.5 Å². The number of aliphatic hydroxyl groups is 1. The molecule has 274 valence electrons. The number of carbonyl (C=O) groups excluding carboxylic acids is 4. The van der Waals surface area contributed by atoms with Gasteiger partial charge in [0, 0.05) is 23.5 Å². The highest BCUT2D eigenvalue weighted by Gasteiger charge is 2.78. The Morgan fingerprint density at radius 2 is 1.84 bits per heavy atom. The number of hydrogen-bond acceptors (Lipinski definition) is 7. The molecule has 2 N–H and O–H groups in total. The van der Waals surface area contributed by atoms with Gasteiger partial charge in [0.05, 0.1) is 36.6 Å². The van der Waals surface area contributed by atoms with Gasteiger partial charge in [-0.05, 0) is 62.3 Å². The number of fused-ring (bicyclic) bond motifs is 1. The average Bonchev–Trinajstić information content (AvgIpc) is 3.69. The van der Waals surface area contributed by atoms with E-state index in [2.05, 4.69) is 34.4 Å². The number of nitrogens with one attached hydrogen (secondary N) is 1. The van der Waals surface area contributed by atoms with Gasteiger partial charge in [-0.3, -0.25) is 19.2 Å². The highest BCUT2D eigenvalue weighted by atomic mass is 79.9. The lowest BCUT2D eigenvalue weighted by Crippen LogP contribution is -2.60. The van der Waals surface area contributed by atoms with Crippen LogP contribution in [-0.4, -0.2) is 81.5 Å². The maximum Gasteiger partial charge on any atom is 0.313 e. The lowest BCUT2D eigenvalue weighted by atomic mass is 9.70. The first-order valence-electron chi connectivity index (χ1n) is 17.7. The Labute approximate surface area is 309 Å². The van der Waals surface area contributed by atoms with Crippen LogP contribution < -0.4 is 10.2 Å². The number of likely N-dealkylation sites (tertiary alicyclic amines) is 1. The molecule has 2 aromatic carbocycles. The largest absolute Gasteiger partial charge is 0.455 e. The molecule has 1 unspecified atom stereocenters. The maximum atomic E-state index is 15.1. The molecule has 9 atom stereocenters. The van der Waals surface area contributed by atoms with E-state index in [0.717, 1.165) is 11.1 Å². The summed E-state index contributed by atoms with van der Waals surface area (Å²) in [6.07, 6.45) is 2.73. The van der Waals surface area contributed by atoms with E-state index in [-0.39, 0.29) is 42.1 Å². The van der Waals surface area contributed by atoms with Crippen LogP contribution in [0, 0.1) is 31.6 Å². The summed E-state index contributed by atoms with van der Waals surface area (Å²) in [6.45, 7) is 16.8. The lowest BCUT2D eigenvalue weighted by Gasteiger charge is -2.40. The van der Waals surface area contributed by atoms with Gasteiger partial charge in [0.2, 0.25) is 11.8 Å². The van der Waals surface area contributed by atoms with Gasteiger partial charge in [0.15, 0.2) is 0 Å². The fourth-order valence-corrected chi connectivity index (χ4v) is 9.07. The van der Waals surface area contributed by atoms with E-state index in [1.54, 1.807) is 24.0 Å². The number of hydrogen-bond donors (Lipinski definition) is 2. The first-order chi connectivity index (χ1) is 24.3. The molecule has 2 bridgehead atoms. The summed E-state index contributed by atoms with van der Waals surface area (Å²) in [5.74, 6) is -3.96. The SMILES string of the molecule is C=CCCC(=O)N[C@@H](C)[C@H](OC(=O)[C@H]1[C@@H]2O[C@@]3(CC2Br)[C@@H]1C(=O)N([C@@H](CO)C(C)C)[C@@H]3C(=O)N(CC=C)c1cc(C)ccc1C)c1ccccc1. The third-order valence-corrected chi connectivity index (χ3v) is 11.4. The number of alkyl halides is 1. The zero-order valence-electron chi connectivity index (χ0n) is 30.1. The van der Waals surface area contributed by atoms with Crippen LogP contribution in [0.25, 0.3) is 0 Å². The van der Waals surface area contributed by atoms with Gasteiger partial charge >= 0.3 is 5.97 Å². The topological polar surface area (TPSA) is 125 Å². The van der Waals surface area contributed by atoms with Crippen LogP contribution in [0.3, 0.4) is 0 Å². The van der Waals surface area contributed by atoms with Gasteiger partial charge in [-0.15, -0.1) is 13.2 Å². The van der Waals surface area contributed by atoms with Crippen LogP contribution in [0.5, 0.6) is 0 Å².